The molecule has 0 bridgehead atoms. The lowest BCUT2D eigenvalue weighted by Crippen LogP contribution is -2.46. The Morgan fingerprint density at radius 2 is 2.17 bits per heavy atom. The van der Waals surface area contributed by atoms with Crippen LogP contribution in [0, 0.1) is 5.92 Å². The van der Waals surface area contributed by atoms with Crippen LogP contribution < -0.4 is 5.69 Å². The number of aromatic nitrogens is 3. The summed E-state index contributed by atoms with van der Waals surface area (Å²) >= 11 is 5.94. The summed E-state index contributed by atoms with van der Waals surface area (Å²) in [7, 11) is 0. The molecule has 0 unspecified atom stereocenters. The number of pyridine rings is 1. The van der Waals surface area contributed by atoms with E-state index >= 15 is 0 Å². The molecule has 1 fully saturated rings. The molecule has 0 aliphatic carbocycles. The second-order valence-electron chi connectivity index (χ2n) is 5.71. The van der Waals surface area contributed by atoms with Crippen LogP contribution in [0.1, 0.15) is 12.8 Å². The Kier molecular flexibility index (Phi) is 4.29. The minimum Gasteiger partial charge on any atom is -0.340 e. The molecule has 1 amide bonds. The predicted molar refractivity (Wildman–Crippen MR) is 79.8 cm³/mol. The average Bonchev–Trinajstić information content (AvgIpc) is 2.85. The van der Waals surface area contributed by atoms with Gasteiger partial charge in [-0.3, -0.25) is 4.79 Å². The summed E-state index contributed by atoms with van der Waals surface area (Å²) in [6.45, 7) is -0.555. The number of rotatable bonds is 2. The van der Waals surface area contributed by atoms with E-state index in [0.717, 1.165) is 9.58 Å². The molecule has 1 saturated heterocycles. The largest absolute Gasteiger partial charge is 0.393 e. The van der Waals surface area contributed by atoms with Crippen molar-refractivity contribution >= 4 is 23.2 Å². The van der Waals surface area contributed by atoms with E-state index in [0.29, 0.717) is 0 Å². The van der Waals surface area contributed by atoms with Crippen molar-refractivity contribution in [3.05, 3.63) is 33.8 Å². The molecule has 130 valence electrons. The normalized spacial score (nSPS) is 19.0. The minimum absolute atomic E-state index is 0.0111. The zero-order chi connectivity index (χ0) is 17.5. The minimum atomic E-state index is -4.33. The summed E-state index contributed by atoms with van der Waals surface area (Å²) in [5.41, 5.74) is -0.367. The van der Waals surface area contributed by atoms with Crippen molar-refractivity contribution in [2.75, 3.05) is 13.1 Å². The first-order chi connectivity index (χ1) is 11.3. The smallest absolute Gasteiger partial charge is 0.340 e. The van der Waals surface area contributed by atoms with Crippen LogP contribution in [0.2, 0.25) is 5.02 Å². The predicted octanol–water partition coefficient (Wildman–Crippen LogP) is 1.95. The van der Waals surface area contributed by atoms with E-state index in [4.69, 9.17) is 11.6 Å². The first-order valence-electron chi connectivity index (χ1n) is 7.35. The molecule has 0 radical (unpaired) electrons. The fourth-order valence-electron chi connectivity index (χ4n) is 2.81. The lowest BCUT2D eigenvalue weighted by atomic mass is 9.97. The molecule has 0 aromatic carbocycles. The number of hydrogen-bond acceptors (Lipinski definition) is 3. The molecule has 1 atom stereocenters. The third-order valence-corrected chi connectivity index (χ3v) is 4.38. The number of hydrogen-bond donors (Lipinski definition) is 0. The van der Waals surface area contributed by atoms with Crippen LogP contribution in [0.5, 0.6) is 0 Å². The molecule has 2 aromatic rings. The highest BCUT2D eigenvalue weighted by molar-refractivity contribution is 6.33. The van der Waals surface area contributed by atoms with Gasteiger partial charge in [-0.25, -0.2) is 13.9 Å². The number of fused-ring (bicyclic) bond motifs is 1. The molecule has 0 spiro atoms. The van der Waals surface area contributed by atoms with Crippen molar-refractivity contribution in [2.24, 2.45) is 5.92 Å². The van der Waals surface area contributed by atoms with Gasteiger partial charge in [0, 0.05) is 19.3 Å². The summed E-state index contributed by atoms with van der Waals surface area (Å²) in [4.78, 5) is 25.6. The Hall–Kier alpha value is -2.03. The zero-order valence-electron chi connectivity index (χ0n) is 12.5. The van der Waals surface area contributed by atoms with Gasteiger partial charge in [0.2, 0.25) is 5.91 Å². The molecule has 10 heteroatoms. The Morgan fingerprint density at radius 3 is 2.83 bits per heavy atom. The fourth-order valence-corrected chi connectivity index (χ4v) is 3.01. The fraction of sp³-hybridized carbons (Fsp3) is 0.500. The topological polar surface area (TPSA) is 59.6 Å². The zero-order valence-corrected chi connectivity index (χ0v) is 13.2. The number of piperidine rings is 1. The molecule has 24 heavy (non-hydrogen) atoms. The standard InChI is InChI=1S/C14H14ClF3N4O2/c15-10-4-2-6-21-12(10)19-22(13(21)24)8-11(23)20-5-1-3-9(7-20)14(16,17)18/h2,4,6,9H,1,3,5,7-8H2/t9-/m0/s1. The quantitative estimate of drug-likeness (QED) is 0.820. The van der Waals surface area contributed by atoms with Gasteiger partial charge in [-0.2, -0.15) is 13.2 Å². The van der Waals surface area contributed by atoms with E-state index in [-0.39, 0.29) is 36.6 Å². The van der Waals surface area contributed by atoms with Crippen LogP contribution in [0.3, 0.4) is 0 Å². The van der Waals surface area contributed by atoms with E-state index < -0.39 is 30.2 Å². The van der Waals surface area contributed by atoms with Gasteiger partial charge in [0.1, 0.15) is 6.54 Å². The van der Waals surface area contributed by atoms with Gasteiger partial charge >= 0.3 is 11.9 Å². The highest BCUT2D eigenvalue weighted by Crippen LogP contribution is 2.33. The second kappa shape index (κ2) is 6.12. The van der Waals surface area contributed by atoms with Crippen LogP contribution in [0.15, 0.2) is 23.1 Å². The number of nitrogens with zero attached hydrogens (tertiary/aromatic N) is 4. The maximum Gasteiger partial charge on any atom is 0.393 e. The Labute approximate surface area is 139 Å². The number of carbonyl (C=O) groups excluding carboxylic acids is 1. The molecule has 0 saturated carbocycles. The molecule has 2 aromatic heterocycles. The van der Waals surface area contributed by atoms with E-state index in [1.54, 1.807) is 12.1 Å². The Morgan fingerprint density at radius 1 is 1.42 bits per heavy atom. The van der Waals surface area contributed by atoms with Gasteiger partial charge in [0.15, 0.2) is 5.65 Å². The summed E-state index contributed by atoms with van der Waals surface area (Å²) < 4.78 is 40.6. The van der Waals surface area contributed by atoms with E-state index in [9.17, 15) is 22.8 Å². The van der Waals surface area contributed by atoms with Crippen LogP contribution >= 0.6 is 11.6 Å². The summed E-state index contributed by atoms with van der Waals surface area (Å²) in [5, 5.41) is 4.23. The average molecular weight is 363 g/mol. The number of likely N-dealkylation sites (tertiary alicyclic amines) is 1. The van der Waals surface area contributed by atoms with Gasteiger partial charge in [0.25, 0.3) is 0 Å². The second-order valence-corrected chi connectivity index (χ2v) is 6.12. The van der Waals surface area contributed by atoms with Gasteiger partial charge in [0.05, 0.1) is 10.9 Å². The molecule has 1 aliphatic heterocycles. The van der Waals surface area contributed by atoms with Crippen LogP contribution in [-0.4, -0.2) is 44.3 Å². The van der Waals surface area contributed by atoms with E-state index in [1.165, 1.54) is 10.6 Å². The van der Waals surface area contributed by atoms with E-state index in [1.807, 2.05) is 0 Å². The lowest BCUT2D eigenvalue weighted by molar-refractivity contribution is -0.188. The molecule has 0 N–H and O–H groups in total. The summed E-state index contributed by atoms with van der Waals surface area (Å²) in [5.74, 6) is -2.09. The Balaban J connectivity index is 1.79. The number of alkyl halides is 3. The highest BCUT2D eigenvalue weighted by atomic mass is 35.5. The molecular formula is C14H14ClF3N4O2. The first-order valence-corrected chi connectivity index (χ1v) is 7.73. The lowest BCUT2D eigenvalue weighted by Gasteiger charge is -2.33. The van der Waals surface area contributed by atoms with Gasteiger partial charge in [-0.15, -0.1) is 5.10 Å². The summed E-state index contributed by atoms with van der Waals surface area (Å²) in [6.07, 6.45) is -2.58. The molecule has 1 aliphatic rings. The van der Waals surface area contributed by atoms with Crippen molar-refractivity contribution in [3.8, 4) is 0 Å². The molecule has 3 heterocycles. The summed E-state index contributed by atoms with van der Waals surface area (Å²) in [6, 6.07) is 3.11. The first kappa shape index (κ1) is 16.8. The maximum absolute atomic E-state index is 12.8. The van der Waals surface area contributed by atoms with Crippen molar-refractivity contribution in [1.29, 1.82) is 0 Å². The van der Waals surface area contributed by atoms with Crippen LogP contribution in [0.4, 0.5) is 13.2 Å². The van der Waals surface area contributed by atoms with Crippen LogP contribution in [0.25, 0.3) is 5.65 Å². The number of amides is 1. The number of carbonyl (C=O) groups is 1. The maximum atomic E-state index is 12.8. The molecule has 6 nitrogen and oxygen atoms in total. The van der Waals surface area contributed by atoms with Gasteiger partial charge < -0.3 is 4.90 Å². The third-order valence-electron chi connectivity index (χ3n) is 4.08. The van der Waals surface area contributed by atoms with E-state index in [2.05, 4.69) is 5.10 Å². The van der Waals surface area contributed by atoms with Gasteiger partial charge in [-0.05, 0) is 25.0 Å². The SMILES string of the molecule is O=C(Cn1nc2c(Cl)cccn2c1=O)N1CCC[C@H](C(F)(F)F)C1. The van der Waals surface area contributed by atoms with Crippen LogP contribution in [-0.2, 0) is 11.3 Å². The van der Waals surface area contributed by atoms with Crippen molar-refractivity contribution in [1.82, 2.24) is 19.1 Å². The third kappa shape index (κ3) is 3.12. The monoisotopic (exact) mass is 362 g/mol. The van der Waals surface area contributed by atoms with Crippen molar-refractivity contribution < 1.29 is 18.0 Å². The molecule has 3 rings (SSSR count). The molecular weight excluding hydrogens is 349 g/mol. The van der Waals surface area contributed by atoms with Gasteiger partial charge in [-0.1, -0.05) is 11.6 Å². The number of halogens is 4. The van der Waals surface area contributed by atoms with Crippen molar-refractivity contribution in [2.45, 2.75) is 25.6 Å². The Bertz CT molecular complexity index is 830. The highest BCUT2D eigenvalue weighted by Gasteiger charge is 2.42. The van der Waals surface area contributed by atoms with Crippen molar-refractivity contribution in [3.63, 3.8) is 0 Å².